The summed E-state index contributed by atoms with van der Waals surface area (Å²) in [6.45, 7) is 3.57. The van der Waals surface area contributed by atoms with Crippen LogP contribution >= 0.6 is 35.7 Å². The number of amides is 1. The quantitative estimate of drug-likeness (QED) is 0.203. The number of unbranched alkanes of at least 4 members (excludes halogenated alkanes) is 3. The zero-order valence-corrected chi connectivity index (χ0v) is 19.0. The number of thioether (sulfide) groups is 1. The van der Waals surface area contributed by atoms with Gasteiger partial charge in [0, 0.05) is 39.7 Å². The third-order valence-electron chi connectivity index (χ3n) is 4.02. The van der Waals surface area contributed by atoms with Crippen molar-refractivity contribution in [3.8, 4) is 0 Å². The molecule has 8 heteroatoms. The number of aliphatic imine (C=N–C) groups is 1. The smallest absolute Gasteiger partial charge is 0.243 e. The Hall–Kier alpha value is -0.220. The Kier molecular flexibility index (Phi) is 15.8. The standard InChI is InChI=1S/C17H34N4O2S.HI/c1-21(2)16(22)13-20-17(19-12-15-8-10-23-14-15)18-9-6-4-5-7-11-24-3;/h15H,4-14H2,1-3H3,(H2,18,19,20);1H. The summed E-state index contributed by atoms with van der Waals surface area (Å²) in [6, 6.07) is 0. The van der Waals surface area contributed by atoms with E-state index in [-0.39, 0.29) is 36.4 Å². The summed E-state index contributed by atoms with van der Waals surface area (Å²) < 4.78 is 5.40. The molecule has 0 aromatic rings. The Balaban J connectivity index is 0.00000576. The van der Waals surface area contributed by atoms with Crippen LogP contribution in [-0.4, -0.2) is 75.7 Å². The van der Waals surface area contributed by atoms with Gasteiger partial charge in [-0.15, -0.1) is 24.0 Å². The molecule has 148 valence electrons. The lowest BCUT2D eigenvalue weighted by Gasteiger charge is -2.15. The van der Waals surface area contributed by atoms with E-state index >= 15 is 0 Å². The zero-order chi connectivity index (χ0) is 17.6. The van der Waals surface area contributed by atoms with E-state index in [1.807, 2.05) is 11.8 Å². The molecule has 6 nitrogen and oxygen atoms in total. The van der Waals surface area contributed by atoms with Crippen LogP contribution in [0.1, 0.15) is 32.1 Å². The fourth-order valence-electron chi connectivity index (χ4n) is 2.38. The van der Waals surface area contributed by atoms with Crippen molar-refractivity contribution in [2.75, 3.05) is 59.0 Å². The van der Waals surface area contributed by atoms with Gasteiger partial charge in [-0.25, -0.2) is 4.99 Å². The van der Waals surface area contributed by atoms with Crippen molar-refractivity contribution < 1.29 is 9.53 Å². The molecule has 1 aliphatic rings. The predicted molar refractivity (Wildman–Crippen MR) is 118 cm³/mol. The number of halogens is 1. The number of carbonyl (C=O) groups is 1. The van der Waals surface area contributed by atoms with Gasteiger partial charge in [0.05, 0.1) is 6.61 Å². The maximum absolute atomic E-state index is 11.7. The van der Waals surface area contributed by atoms with Crippen LogP contribution in [0.4, 0.5) is 0 Å². The normalized spacial score (nSPS) is 17.1. The van der Waals surface area contributed by atoms with Crippen LogP contribution < -0.4 is 10.6 Å². The highest BCUT2D eigenvalue weighted by Gasteiger charge is 2.15. The highest BCUT2D eigenvalue weighted by Crippen LogP contribution is 2.10. The van der Waals surface area contributed by atoms with Gasteiger partial charge < -0.3 is 20.3 Å². The molecular formula is C17H35IN4O2S. The molecule has 0 spiro atoms. The zero-order valence-electron chi connectivity index (χ0n) is 15.9. The summed E-state index contributed by atoms with van der Waals surface area (Å²) >= 11 is 1.91. The Labute approximate surface area is 174 Å². The van der Waals surface area contributed by atoms with Crippen LogP contribution in [0.3, 0.4) is 0 Å². The number of carbonyl (C=O) groups excluding carboxylic acids is 1. The second kappa shape index (κ2) is 16.0. The first-order valence-corrected chi connectivity index (χ1v) is 10.3. The second-order valence-corrected chi connectivity index (χ2v) is 7.38. The molecule has 1 aliphatic heterocycles. The molecule has 1 heterocycles. The number of ether oxygens (including phenoxy) is 1. The van der Waals surface area contributed by atoms with Crippen LogP contribution in [0.5, 0.6) is 0 Å². The molecule has 1 amide bonds. The van der Waals surface area contributed by atoms with Gasteiger partial charge in [0.1, 0.15) is 6.54 Å². The number of guanidine groups is 1. The lowest BCUT2D eigenvalue weighted by atomic mass is 10.1. The van der Waals surface area contributed by atoms with Gasteiger partial charge in [-0.05, 0) is 31.3 Å². The van der Waals surface area contributed by atoms with Crippen molar-refractivity contribution >= 4 is 47.6 Å². The van der Waals surface area contributed by atoms with E-state index in [0.717, 1.165) is 45.1 Å². The number of likely N-dealkylation sites (N-methyl/N-ethyl adjacent to an activating group) is 1. The summed E-state index contributed by atoms with van der Waals surface area (Å²) in [5, 5.41) is 6.70. The summed E-state index contributed by atoms with van der Waals surface area (Å²) in [5.41, 5.74) is 0. The number of nitrogens with zero attached hydrogens (tertiary/aromatic N) is 2. The van der Waals surface area contributed by atoms with Crippen molar-refractivity contribution in [2.24, 2.45) is 10.9 Å². The molecule has 0 aliphatic carbocycles. The highest BCUT2D eigenvalue weighted by atomic mass is 127. The first kappa shape index (κ1) is 24.8. The first-order chi connectivity index (χ1) is 11.6. The fourth-order valence-corrected chi connectivity index (χ4v) is 2.87. The molecule has 1 unspecified atom stereocenters. The van der Waals surface area contributed by atoms with Crippen LogP contribution in [0.25, 0.3) is 0 Å². The summed E-state index contributed by atoms with van der Waals surface area (Å²) in [7, 11) is 3.51. The monoisotopic (exact) mass is 486 g/mol. The lowest BCUT2D eigenvalue weighted by molar-refractivity contribution is -0.127. The molecule has 2 N–H and O–H groups in total. The SMILES string of the molecule is CSCCCCCCNC(=NCC(=O)N(C)C)NCC1CCOC1.I. The topological polar surface area (TPSA) is 66.0 Å². The van der Waals surface area contributed by atoms with Gasteiger partial charge in [-0.2, -0.15) is 11.8 Å². The average Bonchev–Trinajstić information content (AvgIpc) is 3.08. The molecule has 1 rings (SSSR count). The van der Waals surface area contributed by atoms with E-state index in [9.17, 15) is 4.79 Å². The van der Waals surface area contributed by atoms with Gasteiger partial charge >= 0.3 is 0 Å². The molecule has 0 aromatic carbocycles. The minimum absolute atomic E-state index is 0. The van der Waals surface area contributed by atoms with Crippen LogP contribution in [0.15, 0.2) is 4.99 Å². The third-order valence-corrected chi connectivity index (χ3v) is 4.72. The minimum atomic E-state index is 0. The molecule has 0 saturated carbocycles. The van der Waals surface area contributed by atoms with E-state index in [1.165, 1.54) is 25.0 Å². The molecule has 0 aromatic heterocycles. The highest BCUT2D eigenvalue weighted by molar-refractivity contribution is 14.0. The van der Waals surface area contributed by atoms with E-state index in [4.69, 9.17) is 4.74 Å². The van der Waals surface area contributed by atoms with Gasteiger partial charge in [0.25, 0.3) is 0 Å². The number of hydrogen-bond acceptors (Lipinski definition) is 4. The lowest BCUT2D eigenvalue weighted by Crippen LogP contribution is -2.41. The van der Waals surface area contributed by atoms with Gasteiger partial charge in [-0.3, -0.25) is 4.79 Å². The maximum atomic E-state index is 11.7. The summed E-state index contributed by atoms with van der Waals surface area (Å²) in [6.07, 6.45) is 8.17. The molecule has 0 bridgehead atoms. The van der Waals surface area contributed by atoms with Crippen LogP contribution in [-0.2, 0) is 9.53 Å². The minimum Gasteiger partial charge on any atom is -0.381 e. The molecule has 1 fully saturated rings. The van der Waals surface area contributed by atoms with Crippen molar-refractivity contribution in [1.82, 2.24) is 15.5 Å². The Morgan fingerprint density at radius 3 is 2.64 bits per heavy atom. The summed E-state index contributed by atoms with van der Waals surface area (Å²) in [4.78, 5) is 17.7. The van der Waals surface area contributed by atoms with Gasteiger partial charge in [0.15, 0.2) is 5.96 Å². The number of hydrogen-bond donors (Lipinski definition) is 2. The average molecular weight is 486 g/mol. The molecule has 1 saturated heterocycles. The van der Waals surface area contributed by atoms with E-state index in [0.29, 0.717) is 5.92 Å². The second-order valence-electron chi connectivity index (χ2n) is 6.40. The van der Waals surface area contributed by atoms with Crippen molar-refractivity contribution in [3.63, 3.8) is 0 Å². The van der Waals surface area contributed by atoms with Crippen LogP contribution in [0, 0.1) is 5.92 Å². The van der Waals surface area contributed by atoms with Crippen molar-refractivity contribution in [2.45, 2.75) is 32.1 Å². The van der Waals surface area contributed by atoms with Gasteiger partial charge in [0.2, 0.25) is 5.91 Å². The number of nitrogens with one attached hydrogen (secondary N) is 2. The third kappa shape index (κ3) is 12.7. The number of rotatable bonds is 11. The Morgan fingerprint density at radius 2 is 2.00 bits per heavy atom. The molecule has 0 radical (unpaired) electrons. The predicted octanol–water partition coefficient (Wildman–Crippen LogP) is 2.19. The van der Waals surface area contributed by atoms with Crippen LogP contribution in [0.2, 0.25) is 0 Å². The molecular weight excluding hydrogens is 451 g/mol. The Bertz CT molecular complexity index is 378. The van der Waals surface area contributed by atoms with E-state index < -0.39 is 0 Å². The molecule has 25 heavy (non-hydrogen) atoms. The first-order valence-electron chi connectivity index (χ1n) is 8.92. The van der Waals surface area contributed by atoms with Gasteiger partial charge in [-0.1, -0.05) is 12.8 Å². The fraction of sp³-hybridized carbons (Fsp3) is 0.882. The van der Waals surface area contributed by atoms with Crippen molar-refractivity contribution in [1.29, 1.82) is 0 Å². The Morgan fingerprint density at radius 1 is 1.24 bits per heavy atom. The van der Waals surface area contributed by atoms with Crippen molar-refractivity contribution in [3.05, 3.63) is 0 Å². The van der Waals surface area contributed by atoms with E-state index in [1.54, 1.807) is 19.0 Å². The largest absolute Gasteiger partial charge is 0.381 e. The summed E-state index contributed by atoms with van der Waals surface area (Å²) in [5.74, 6) is 2.53. The maximum Gasteiger partial charge on any atom is 0.243 e. The molecule has 1 atom stereocenters. The van der Waals surface area contributed by atoms with E-state index in [2.05, 4.69) is 21.9 Å².